The van der Waals surface area contributed by atoms with Gasteiger partial charge in [0.05, 0.1) is 15.5 Å². The number of rotatable bonds is 16. The van der Waals surface area contributed by atoms with Crippen LogP contribution in [-0.4, -0.2) is 41.5 Å². The van der Waals surface area contributed by atoms with Gasteiger partial charge in [-0.25, -0.2) is 0 Å². The number of ether oxygens (including phenoxy) is 1. The lowest BCUT2D eigenvalue weighted by Crippen LogP contribution is -2.22. The van der Waals surface area contributed by atoms with E-state index >= 15 is 0 Å². The molecule has 5 heteroatoms. The van der Waals surface area contributed by atoms with Gasteiger partial charge in [-0.15, -0.1) is 0 Å². The van der Waals surface area contributed by atoms with E-state index in [1.54, 1.807) is 0 Å². The van der Waals surface area contributed by atoms with Gasteiger partial charge in [-0.2, -0.15) is 0 Å². The van der Waals surface area contributed by atoms with Crippen LogP contribution in [-0.2, 0) is 17.8 Å². The van der Waals surface area contributed by atoms with Crippen LogP contribution in [0.25, 0.3) is 0 Å². The smallest absolute Gasteiger partial charge is 0.121 e. The molecular formula is C25H37NO4. The van der Waals surface area contributed by atoms with E-state index in [0.29, 0.717) is 13.0 Å². The largest absolute Gasteiger partial charge is 0.508 e. The molecule has 0 fully saturated rings. The number of nitrogens with one attached hydrogen (secondary N) is 1. The van der Waals surface area contributed by atoms with Crippen LogP contribution in [0.15, 0.2) is 48.5 Å². The van der Waals surface area contributed by atoms with Gasteiger partial charge in [-0.05, 0) is 61.9 Å². The van der Waals surface area contributed by atoms with Crippen molar-refractivity contribution in [3.63, 3.8) is 0 Å². The van der Waals surface area contributed by atoms with E-state index in [-0.39, 0.29) is 36.1 Å². The second-order valence-electron chi connectivity index (χ2n) is 7.04. The number of aliphatic hydroxyl groups excluding tert-OH is 2. The van der Waals surface area contributed by atoms with Crippen LogP contribution in [0.2, 0.25) is 0 Å². The van der Waals surface area contributed by atoms with Crippen molar-refractivity contribution in [3.05, 3.63) is 65.2 Å². The first-order chi connectivity index (χ1) is 16.9. The molecule has 0 aliphatic heterocycles. The fraction of sp³-hybridized carbons (Fsp3) is 0.520. The van der Waals surface area contributed by atoms with Gasteiger partial charge in [-0.3, -0.25) is 0 Å². The van der Waals surface area contributed by atoms with Crippen molar-refractivity contribution in [2.75, 3.05) is 26.2 Å². The molecule has 0 amide bonds. The average Bonchev–Trinajstić information content (AvgIpc) is 2.81. The van der Waals surface area contributed by atoms with Crippen LogP contribution < -0.4 is 5.32 Å². The fourth-order valence-electron chi connectivity index (χ4n) is 2.87. The monoisotopic (exact) mass is 421 g/mol. The fourth-order valence-corrected chi connectivity index (χ4v) is 2.87. The summed E-state index contributed by atoms with van der Waals surface area (Å²) in [7, 11) is 0. The number of unbranched alkanes of at least 4 members (excludes halogenated alkanes) is 2. The van der Waals surface area contributed by atoms with E-state index < -0.39 is 32.3 Å². The summed E-state index contributed by atoms with van der Waals surface area (Å²) in [5.41, 5.74) is 1.44. The molecule has 0 aliphatic carbocycles. The van der Waals surface area contributed by atoms with Crippen LogP contribution in [0.3, 0.4) is 0 Å². The van der Waals surface area contributed by atoms with Crippen molar-refractivity contribution in [2.24, 2.45) is 0 Å². The maximum Gasteiger partial charge on any atom is 0.121 e. The Hall–Kier alpha value is -1.92. The lowest BCUT2D eigenvalue weighted by molar-refractivity contribution is 0.126. The van der Waals surface area contributed by atoms with E-state index in [9.17, 15) is 15.3 Å². The Kier molecular flexibility index (Phi) is 8.35. The van der Waals surface area contributed by atoms with E-state index in [2.05, 4.69) is 17.4 Å². The molecule has 0 saturated heterocycles. The third-order valence-corrected chi connectivity index (χ3v) is 4.62. The van der Waals surface area contributed by atoms with Crippen molar-refractivity contribution in [2.45, 2.75) is 57.7 Å². The molecule has 0 spiro atoms. The summed E-state index contributed by atoms with van der Waals surface area (Å²) in [5, 5.41) is 31.6. The maximum atomic E-state index is 10.5. The minimum absolute atomic E-state index is 0.0827. The number of aliphatic hydroxyl groups is 2. The van der Waals surface area contributed by atoms with Crippen LogP contribution in [0.4, 0.5) is 0 Å². The van der Waals surface area contributed by atoms with Crippen molar-refractivity contribution < 1.29 is 28.3 Å². The quantitative estimate of drug-likeness (QED) is 0.307. The standard InChI is InChI=1S/C25H37NO4/c27-20-23-18-22(13-14-24(23)28)25(29)19-26-15-7-1-2-8-16-30-17-9-6-12-21-10-4-3-5-11-21/h3-5,10-11,13-14,18,25-29H,1-2,6-9,12,15-17,19-20H2/i15D2,16D2,19D2. The van der Waals surface area contributed by atoms with E-state index in [1.165, 1.54) is 23.8 Å². The number of hydrogen-bond acceptors (Lipinski definition) is 5. The topological polar surface area (TPSA) is 82.0 Å². The summed E-state index contributed by atoms with van der Waals surface area (Å²) in [5.74, 6) is -0.187. The first kappa shape index (κ1) is 16.7. The Bertz CT molecular complexity index is 930. The highest BCUT2D eigenvalue weighted by Gasteiger charge is 2.09. The van der Waals surface area contributed by atoms with Gasteiger partial charge in [0.1, 0.15) is 5.75 Å². The van der Waals surface area contributed by atoms with Gasteiger partial charge in [0, 0.05) is 30.7 Å². The average molecular weight is 422 g/mol. The van der Waals surface area contributed by atoms with E-state index in [0.717, 1.165) is 19.3 Å². The maximum absolute atomic E-state index is 10.5. The van der Waals surface area contributed by atoms with Gasteiger partial charge < -0.3 is 25.4 Å². The first-order valence-electron chi connectivity index (χ1n) is 13.4. The predicted octanol–water partition coefficient (Wildman–Crippen LogP) is 4.11. The van der Waals surface area contributed by atoms with Gasteiger partial charge >= 0.3 is 0 Å². The molecule has 30 heavy (non-hydrogen) atoms. The number of phenols is 1. The molecule has 1 unspecified atom stereocenters. The van der Waals surface area contributed by atoms with Gasteiger partial charge in [0.15, 0.2) is 0 Å². The molecule has 166 valence electrons. The predicted molar refractivity (Wildman–Crippen MR) is 121 cm³/mol. The lowest BCUT2D eigenvalue weighted by atomic mass is 10.1. The van der Waals surface area contributed by atoms with Crippen molar-refractivity contribution >= 4 is 0 Å². The SMILES string of the molecule is [2H]C([2H])(CCCCC([2H])([2H])OCCCCc1ccccc1)NC([2H])([2H])C(O)c1ccc(O)c(CO)c1. The van der Waals surface area contributed by atoms with Crippen molar-refractivity contribution in [1.29, 1.82) is 0 Å². The van der Waals surface area contributed by atoms with Crippen LogP contribution in [0.5, 0.6) is 5.75 Å². The molecule has 0 bridgehead atoms. The van der Waals surface area contributed by atoms with Crippen LogP contribution >= 0.6 is 0 Å². The zero-order chi connectivity index (χ0) is 26.8. The highest BCUT2D eigenvalue weighted by molar-refractivity contribution is 5.36. The summed E-state index contributed by atoms with van der Waals surface area (Å²) in [6, 6.07) is 13.9. The molecule has 0 heterocycles. The lowest BCUT2D eigenvalue weighted by Gasteiger charge is -2.14. The zero-order valence-electron chi connectivity index (χ0n) is 23.3. The Morgan fingerprint density at radius 3 is 2.57 bits per heavy atom. The number of aromatic hydroxyl groups is 1. The Labute approximate surface area is 189 Å². The number of hydrogen-bond donors (Lipinski definition) is 4. The van der Waals surface area contributed by atoms with E-state index in [4.69, 9.17) is 13.0 Å². The molecule has 0 saturated carbocycles. The summed E-state index contributed by atoms with van der Waals surface area (Å²) in [6.07, 6.45) is 1.43. The van der Waals surface area contributed by atoms with Gasteiger partial charge in [0.25, 0.3) is 0 Å². The van der Waals surface area contributed by atoms with Crippen molar-refractivity contribution in [1.82, 2.24) is 5.32 Å². The zero-order valence-corrected chi connectivity index (χ0v) is 17.3. The van der Waals surface area contributed by atoms with Gasteiger partial charge in [0.2, 0.25) is 0 Å². The highest BCUT2D eigenvalue weighted by atomic mass is 16.5. The van der Waals surface area contributed by atoms with Gasteiger partial charge in [-0.1, -0.05) is 49.2 Å². The molecule has 1 atom stereocenters. The summed E-state index contributed by atoms with van der Waals surface area (Å²) >= 11 is 0. The molecule has 0 aromatic heterocycles. The number of benzene rings is 2. The highest BCUT2D eigenvalue weighted by Crippen LogP contribution is 2.22. The summed E-state index contributed by atoms with van der Waals surface area (Å²) < 4.78 is 53.9. The summed E-state index contributed by atoms with van der Waals surface area (Å²) in [4.78, 5) is 0. The normalized spacial score (nSPS) is 16.6. The van der Waals surface area contributed by atoms with E-state index in [1.807, 2.05) is 18.2 Å². The second kappa shape index (κ2) is 15.0. The third kappa shape index (κ3) is 9.72. The molecular weight excluding hydrogens is 378 g/mol. The molecule has 4 N–H and O–H groups in total. The van der Waals surface area contributed by atoms with Crippen LogP contribution in [0.1, 0.15) is 69.5 Å². The molecule has 0 radical (unpaired) electrons. The Morgan fingerprint density at radius 1 is 0.967 bits per heavy atom. The molecule has 5 nitrogen and oxygen atoms in total. The molecule has 2 aromatic rings. The molecule has 0 aliphatic rings. The third-order valence-electron chi connectivity index (χ3n) is 4.62. The van der Waals surface area contributed by atoms with Crippen LogP contribution in [0, 0.1) is 0 Å². The Morgan fingerprint density at radius 2 is 1.77 bits per heavy atom. The molecule has 2 aromatic carbocycles. The first-order valence-corrected chi connectivity index (χ1v) is 10.4. The Balaban J connectivity index is 1.72. The minimum atomic E-state index is -2.54. The second-order valence-corrected chi connectivity index (χ2v) is 7.04. The number of aryl methyl sites for hydroxylation is 1. The van der Waals surface area contributed by atoms with Crippen molar-refractivity contribution in [3.8, 4) is 5.75 Å². The molecule has 2 rings (SSSR count). The summed E-state index contributed by atoms with van der Waals surface area (Å²) in [6.45, 7) is -6.71. The minimum Gasteiger partial charge on any atom is -0.508 e.